The largest absolute Gasteiger partial charge is 0.348 e. The van der Waals surface area contributed by atoms with Crippen LogP contribution in [-0.4, -0.2) is 42.9 Å². The quantitative estimate of drug-likeness (QED) is 0.606. The van der Waals surface area contributed by atoms with E-state index in [1.54, 1.807) is 0 Å². The summed E-state index contributed by atoms with van der Waals surface area (Å²) in [6, 6.07) is 5.73. The number of nitrogens with zero attached hydrogens (tertiary/aromatic N) is 1. The van der Waals surface area contributed by atoms with Crippen molar-refractivity contribution in [1.82, 2.24) is 10.2 Å². The number of nitrogens with one attached hydrogen (secondary N) is 2. The van der Waals surface area contributed by atoms with Crippen molar-refractivity contribution in [3.8, 4) is 0 Å². The Morgan fingerprint density at radius 2 is 1.77 bits per heavy atom. The summed E-state index contributed by atoms with van der Waals surface area (Å²) in [5.41, 5.74) is 2.77. The van der Waals surface area contributed by atoms with Gasteiger partial charge in [-0.1, -0.05) is 31.5 Å². The van der Waals surface area contributed by atoms with E-state index in [4.69, 9.17) is 0 Å². The predicted octanol–water partition coefficient (Wildman–Crippen LogP) is 3.12. The van der Waals surface area contributed by atoms with Crippen molar-refractivity contribution in [3.63, 3.8) is 0 Å². The summed E-state index contributed by atoms with van der Waals surface area (Å²) in [5, 5.41) is 5.40. The molecule has 0 saturated carbocycles. The molecule has 2 N–H and O–H groups in total. The van der Waals surface area contributed by atoms with Gasteiger partial charge >= 0.3 is 11.8 Å². The van der Waals surface area contributed by atoms with Gasteiger partial charge < -0.3 is 15.5 Å². The topological polar surface area (TPSA) is 61.4 Å². The summed E-state index contributed by atoms with van der Waals surface area (Å²) in [6.45, 7) is 12.5. The molecule has 2 amide bonds. The fraction of sp³-hybridized carbons (Fsp3) is 0.619. The molecule has 1 aliphatic heterocycles. The molecule has 26 heavy (non-hydrogen) atoms. The lowest BCUT2D eigenvalue weighted by Crippen LogP contribution is -2.39. The first-order valence-corrected chi connectivity index (χ1v) is 9.74. The third-order valence-electron chi connectivity index (χ3n) is 4.97. The molecular formula is C21H33N3O2. The molecule has 5 heteroatoms. The number of piperidine rings is 1. The van der Waals surface area contributed by atoms with Gasteiger partial charge in [0.25, 0.3) is 0 Å². The minimum absolute atomic E-state index is 0.540. The van der Waals surface area contributed by atoms with Crippen LogP contribution in [0, 0.1) is 25.7 Å². The molecule has 0 radical (unpaired) electrons. The van der Waals surface area contributed by atoms with Gasteiger partial charge in [0.05, 0.1) is 0 Å². The lowest BCUT2D eigenvalue weighted by atomic mass is 9.92. The lowest BCUT2D eigenvalue weighted by Gasteiger charge is -2.34. The number of anilines is 1. The number of carbonyl (C=O) groups excluding carboxylic acids is 2. The predicted molar refractivity (Wildman–Crippen MR) is 106 cm³/mol. The van der Waals surface area contributed by atoms with Crippen LogP contribution in [-0.2, 0) is 9.59 Å². The fourth-order valence-electron chi connectivity index (χ4n) is 3.85. The molecule has 1 fully saturated rings. The van der Waals surface area contributed by atoms with Gasteiger partial charge in [0.1, 0.15) is 0 Å². The van der Waals surface area contributed by atoms with Crippen molar-refractivity contribution >= 4 is 17.5 Å². The molecule has 1 aromatic rings. The Morgan fingerprint density at radius 1 is 1.08 bits per heavy atom. The van der Waals surface area contributed by atoms with Crippen molar-refractivity contribution < 1.29 is 9.59 Å². The van der Waals surface area contributed by atoms with Crippen molar-refractivity contribution in [2.75, 3.05) is 31.5 Å². The molecule has 0 bridgehead atoms. The Hall–Kier alpha value is -1.88. The Bertz CT molecular complexity index is 620. The smallest absolute Gasteiger partial charge is 0.313 e. The fourth-order valence-corrected chi connectivity index (χ4v) is 3.85. The maximum Gasteiger partial charge on any atom is 0.313 e. The number of likely N-dealkylation sites (tertiary alicyclic amines) is 1. The number of carbonyl (C=O) groups is 2. The van der Waals surface area contributed by atoms with Crippen LogP contribution in [0.25, 0.3) is 0 Å². The van der Waals surface area contributed by atoms with Crippen LogP contribution in [0.1, 0.15) is 44.2 Å². The number of amides is 2. The van der Waals surface area contributed by atoms with Crippen LogP contribution in [0.15, 0.2) is 18.2 Å². The van der Waals surface area contributed by atoms with Crippen LogP contribution in [0.2, 0.25) is 0 Å². The van der Waals surface area contributed by atoms with E-state index in [2.05, 4.69) is 29.4 Å². The van der Waals surface area contributed by atoms with Crippen LogP contribution in [0.5, 0.6) is 0 Å². The van der Waals surface area contributed by atoms with Crippen LogP contribution < -0.4 is 10.6 Å². The summed E-state index contributed by atoms with van der Waals surface area (Å²) in [6.07, 6.45) is 3.25. The highest BCUT2D eigenvalue weighted by Gasteiger charge is 2.21. The van der Waals surface area contributed by atoms with E-state index in [0.717, 1.165) is 42.3 Å². The second-order valence-electron chi connectivity index (χ2n) is 7.94. The lowest BCUT2D eigenvalue weighted by molar-refractivity contribution is -0.136. The van der Waals surface area contributed by atoms with Crippen LogP contribution >= 0.6 is 0 Å². The molecular weight excluding hydrogens is 326 g/mol. The molecule has 2 atom stereocenters. The van der Waals surface area contributed by atoms with E-state index in [0.29, 0.717) is 12.2 Å². The minimum Gasteiger partial charge on any atom is -0.348 e. The van der Waals surface area contributed by atoms with E-state index in [9.17, 15) is 9.59 Å². The maximum absolute atomic E-state index is 12.0. The molecule has 2 rings (SSSR count). The zero-order valence-electron chi connectivity index (χ0n) is 16.6. The Labute approximate surface area is 157 Å². The van der Waals surface area contributed by atoms with Crippen molar-refractivity contribution in [1.29, 1.82) is 0 Å². The van der Waals surface area contributed by atoms with Crippen molar-refractivity contribution in [3.05, 3.63) is 29.3 Å². The van der Waals surface area contributed by atoms with E-state index in [1.807, 2.05) is 32.0 Å². The Morgan fingerprint density at radius 3 is 2.42 bits per heavy atom. The zero-order valence-corrected chi connectivity index (χ0v) is 16.6. The molecule has 1 saturated heterocycles. The molecule has 0 aliphatic carbocycles. The van der Waals surface area contributed by atoms with Gasteiger partial charge in [-0.3, -0.25) is 9.59 Å². The number of rotatable bonds is 6. The number of hydrogen-bond acceptors (Lipinski definition) is 3. The summed E-state index contributed by atoms with van der Waals surface area (Å²) >= 11 is 0. The summed E-state index contributed by atoms with van der Waals surface area (Å²) in [5.74, 6) is 0.376. The van der Waals surface area contributed by atoms with Gasteiger partial charge in [-0.25, -0.2) is 0 Å². The second-order valence-corrected chi connectivity index (χ2v) is 7.94. The number of benzene rings is 1. The van der Waals surface area contributed by atoms with Gasteiger partial charge in [0.15, 0.2) is 0 Å². The van der Waals surface area contributed by atoms with E-state index in [-0.39, 0.29) is 0 Å². The normalized spacial score (nSPS) is 20.6. The molecule has 2 unspecified atom stereocenters. The highest BCUT2D eigenvalue weighted by Crippen LogP contribution is 2.21. The maximum atomic E-state index is 12.0. The average molecular weight is 360 g/mol. The molecule has 144 valence electrons. The standard InChI is InChI=1S/C21H33N3O2/c1-15-7-8-19(18(4)12-15)23-21(26)20(25)22-9-5-6-10-24-13-16(2)11-17(3)14-24/h7-8,12,16-17H,5-6,9-11,13-14H2,1-4H3,(H,22,25)(H,23,26). The van der Waals surface area contributed by atoms with E-state index in [1.165, 1.54) is 19.5 Å². The summed E-state index contributed by atoms with van der Waals surface area (Å²) in [4.78, 5) is 26.5. The SMILES string of the molecule is Cc1ccc(NC(=O)C(=O)NCCCCN2CC(C)CC(C)C2)c(C)c1. The number of hydrogen-bond donors (Lipinski definition) is 2. The molecule has 0 aromatic heterocycles. The monoisotopic (exact) mass is 359 g/mol. The van der Waals surface area contributed by atoms with Crippen LogP contribution in [0.3, 0.4) is 0 Å². The first kappa shape index (κ1) is 20.4. The molecule has 5 nitrogen and oxygen atoms in total. The Kier molecular flexibility index (Phi) is 7.64. The van der Waals surface area contributed by atoms with Gasteiger partial charge in [0.2, 0.25) is 0 Å². The highest BCUT2D eigenvalue weighted by molar-refractivity contribution is 6.39. The first-order valence-electron chi connectivity index (χ1n) is 9.74. The third kappa shape index (κ3) is 6.45. The number of aryl methyl sites for hydroxylation is 2. The second kappa shape index (κ2) is 9.72. The van der Waals surface area contributed by atoms with Gasteiger partial charge in [0, 0.05) is 25.3 Å². The Balaban J connectivity index is 1.64. The van der Waals surface area contributed by atoms with Crippen molar-refractivity contribution in [2.45, 2.75) is 47.0 Å². The zero-order chi connectivity index (χ0) is 19.1. The molecule has 1 aromatic carbocycles. The van der Waals surface area contributed by atoms with Gasteiger partial charge in [-0.2, -0.15) is 0 Å². The van der Waals surface area contributed by atoms with Crippen molar-refractivity contribution in [2.24, 2.45) is 11.8 Å². The minimum atomic E-state index is -0.601. The number of unbranched alkanes of at least 4 members (excludes halogenated alkanes) is 1. The average Bonchev–Trinajstić information content (AvgIpc) is 2.56. The van der Waals surface area contributed by atoms with E-state index >= 15 is 0 Å². The van der Waals surface area contributed by atoms with Gasteiger partial charge in [-0.15, -0.1) is 0 Å². The first-order chi connectivity index (χ1) is 12.3. The molecule has 1 aliphatic rings. The molecule has 1 heterocycles. The third-order valence-corrected chi connectivity index (χ3v) is 4.97. The van der Waals surface area contributed by atoms with Gasteiger partial charge in [-0.05, 0) is 63.1 Å². The highest BCUT2D eigenvalue weighted by atomic mass is 16.2. The van der Waals surface area contributed by atoms with Crippen LogP contribution in [0.4, 0.5) is 5.69 Å². The van der Waals surface area contributed by atoms with E-state index < -0.39 is 11.8 Å². The summed E-state index contributed by atoms with van der Waals surface area (Å²) < 4.78 is 0. The molecule has 0 spiro atoms. The summed E-state index contributed by atoms with van der Waals surface area (Å²) in [7, 11) is 0.